The van der Waals surface area contributed by atoms with Crippen molar-refractivity contribution < 1.29 is 0 Å². The van der Waals surface area contributed by atoms with Gasteiger partial charge in [-0.1, -0.05) is 0 Å². The molecule has 0 aromatic carbocycles. The summed E-state index contributed by atoms with van der Waals surface area (Å²) >= 11 is 3.47. The first-order valence-corrected chi connectivity index (χ1v) is 8.49. The summed E-state index contributed by atoms with van der Waals surface area (Å²) in [7, 11) is 0. The molecule has 1 fully saturated rings. The van der Waals surface area contributed by atoms with Crippen LogP contribution in [0.5, 0.6) is 0 Å². The SMILES string of the molecule is CC1CC(CN)CN1Cc1csc(-c2ccsc2)n1.Cl. The highest BCUT2D eigenvalue weighted by Gasteiger charge is 2.28. The van der Waals surface area contributed by atoms with Gasteiger partial charge in [0.05, 0.1) is 5.69 Å². The molecule has 2 atom stereocenters. The zero-order valence-electron chi connectivity index (χ0n) is 11.5. The van der Waals surface area contributed by atoms with Crippen LogP contribution in [0.15, 0.2) is 22.2 Å². The minimum atomic E-state index is 0. The average molecular weight is 330 g/mol. The summed E-state index contributed by atoms with van der Waals surface area (Å²) in [6, 6.07) is 2.76. The fourth-order valence-corrected chi connectivity index (χ4v) is 4.24. The Morgan fingerprint density at radius 2 is 2.30 bits per heavy atom. The predicted molar refractivity (Wildman–Crippen MR) is 89.7 cm³/mol. The minimum Gasteiger partial charge on any atom is -0.330 e. The van der Waals surface area contributed by atoms with E-state index in [9.17, 15) is 0 Å². The van der Waals surface area contributed by atoms with E-state index in [4.69, 9.17) is 10.7 Å². The molecule has 3 rings (SSSR count). The largest absolute Gasteiger partial charge is 0.330 e. The highest BCUT2D eigenvalue weighted by Crippen LogP contribution is 2.28. The molecule has 0 radical (unpaired) electrons. The van der Waals surface area contributed by atoms with Crippen LogP contribution in [-0.4, -0.2) is 29.0 Å². The fraction of sp³-hybridized carbons (Fsp3) is 0.500. The number of thiazole rings is 1. The van der Waals surface area contributed by atoms with Crippen molar-refractivity contribution in [1.29, 1.82) is 0 Å². The molecular weight excluding hydrogens is 310 g/mol. The van der Waals surface area contributed by atoms with Crippen LogP contribution >= 0.6 is 35.1 Å². The third kappa shape index (κ3) is 3.40. The Morgan fingerprint density at radius 3 is 2.95 bits per heavy atom. The van der Waals surface area contributed by atoms with Gasteiger partial charge in [-0.15, -0.1) is 23.7 Å². The van der Waals surface area contributed by atoms with Crippen molar-refractivity contribution in [2.75, 3.05) is 13.1 Å². The summed E-state index contributed by atoms with van der Waals surface area (Å²) in [4.78, 5) is 7.26. The van der Waals surface area contributed by atoms with Gasteiger partial charge in [-0.3, -0.25) is 4.90 Å². The van der Waals surface area contributed by atoms with Crippen molar-refractivity contribution in [1.82, 2.24) is 9.88 Å². The number of hydrogen-bond acceptors (Lipinski definition) is 5. The molecule has 1 aliphatic heterocycles. The summed E-state index contributed by atoms with van der Waals surface area (Å²) in [5.74, 6) is 0.657. The maximum atomic E-state index is 5.78. The molecular formula is C14H20ClN3S2. The lowest BCUT2D eigenvalue weighted by molar-refractivity contribution is 0.253. The molecule has 0 amide bonds. The molecule has 0 saturated carbocycles. The van der Waals surface area contributed by atoms with Gasteiger partial charge in [-0.2, -0.15) is 11.3 Å². The highest BCUT2D eigenvalue weighted by molar-refractivity contribution is 7.14. The molecule has 110 valence electrons. The monoisotopic (exact) mass is 329 g/mol. The molecule has 0 spiro atoms. The molecule has 3 heterocycles. The second kappa shape index (κ2) is 7.00. The first-order chi connectivity index (χ1) is 9.26. The standard InChI is InChI=1S/C14H19N3S2.ClH/c1-10-4-11(5-15)6-17(10)7-13-9-19-14(16-13)12-2-3-18-8-12;/h2-3,8-11H,4-7,15H2,1H3;1H. The quantitative estimate of drug-likeness (QED) is 0.934. The molecule has 2 aromatic heterocycles. The number of aromatic nitrogens is 1. The lowest BCUT2D eigenvalue weighted by atomic mass is 10.1. The van der Waals surface area contributed by atoms with E-state index in [1.54, 1.807) is 22.7 Å². The van der Waals surface area contributed by atoms with E-state index in [1.165, 1.54) is 17.7 Å². The maximum absolute atomic E-state index is 5.78. The molecule has 2 N–H and O–H groups in total. The number of thiophene rings is 1. The zero-order chi connectivity index (χ0) is 13.2. The van der Waals surface area contributed by atoms with Crippen molar-refractivity contribution in [2.24, 2.45) is 11.7 Å². The van der Waals surface area contributed by atoms with Crippen LogP contribution in [0.4, 0.5) is 0 Å². The van der Waals surface area contributed by atoms with E-state index < -0.39 is 0 Å². The normalized spacial score (nSPS) is 22.9. The van der Waals surface area contributed by atoms with Gasteiger partial charge in [0.25, 0.3) is 0 Å². The summed E-state index contributed by atoms with van der Waals surface area (Å²) in [5, 5.41) is 7.59. The Balaban J connectivity index is 0.00000147. The molecule has 1 aliphatic rings. The third-order valence-corrected chi connectivity index (χ3v) is 5.43. The smallest absolute Gasteiger partial charge is 0.124 e. The Bertz CT molecular complexity index is 526. The number of nitrogens with zero attached hydrogens (tertiary/aromatic N) is 2. The van der Waals surface area contributed by atoms with Crippen molar-refractivity contribution in [2.45, 2.75) is 25.9 Å². The van der Waals surface area contributed by atoms with Gasteiger partial charge in [-0.05, 0) is 37.3 Å². The lowest BCUT2D eigenvalue weighted by Gasteiger charge is -2.19. The molecule has 20 heavy (non-hydrogen) atoms. The van der Waals surface area contributed by atoms with E-state index in [1.807, 2.05) is 0 Å². The van der Waals surface area contributed by atoms with E-state index >= 15 is 0 Å². The van der Waals surface area contributed by atoms with Crippen LogP contribution in [-0.2, 0) is 6.54 Å². The van der Waals surface area contributed by atoms with Crippen LogP contribution in [0.3, 0.4) is 0 Å². The van der Waals surface area contributed by atoms with Gasteiger partial charge in [-0.25, -0.2) is 4.98 Å². The minimum absolute atomic E-state index is 0. The topological polar surface area (TPSA) is 42.1 Å². The first kappa shape index (κ1) is 15.9. The first-order valence-electron chi connectivity index (χ1n) is 6.67. The Kier molecular flexibility index (Phi) is 5.57. The molecule has 2 aromatic rings. The van der Waals surface area contributed by atoms with E-state index in [0.29, 0.717) is 12.0 Å². The summed E-state index contributed by atoms with van der Waals surface area (Å²) in [6.45, 7) is 5.17. The summed E-state index contributed by atoms with van der Waals surface area (Å²) in [5.41, 5.74) is 8.22. The third-order valence-electron chi connectivity index (χ3n) is 3.81. The van der Waals surface area contributed by atoms with Crippen molar-refractivity contribution in [3.8, 4) is 10.6 Å². The van der Waals surface area contributed by atoms with E-state index in [2.05, 4.69) is 34.0 Å². The van der Waals surface area contributed by atoms with Gasteiger partial charge in [0.2, 0.25) is 0 Å². The number of halogens is 1. The predicted octanol–water partition coefficient (Wildman–Crippen LogP) is 3.46. The fourth-order valence-electron chi connectivity index (χ4n) is 2.72. The van der Waals surface area contributed by atoms with Crippen LogP contribution < -0.4 is 5.73 Å². The van der Waals surface area contributed by atoms with E-state index in [-0.39, 0.29) is 12.4 Å². The number of likely N-dealkylation sites (tertiary alicyclic amines) is 1. The molecule has 6 heteroatoms. The van der Waals surface area contributed by atoms with Crippen LogP contribution in [0.1, 0.15) is 19.0 Å². The summed E-state index contributed by atoms with van der Waals surface area (Å²) in [6.07, 6.45) is 1.22. The highest BCUT2D eigenvalue weighted by atomic mass is 35.5. The molecule has 1 saturated heterocycles. The van der Waals surface area contributed by atoms with Crippen molar-refractivity contribution in [3.63, 3.8) is 0 Å². The molecule has 2 unspecified atom stereocenters. The Morgan fingerprint density at radius 1 is 1.45 bits per heavy atom. The second-order valence-electron chi connectivity index (χ2n) is 5.27. The van der Waals surface area contributed by atoms with Gasteiger partial charge in [0.1, 0.15) is 5.01 Å². The number of rotatable bonds is 4. The average Bonchev–Trinajstić information content (AvgIpc) is 3.11. The van der Waals surface area contributed by atoms with Crippen LogP contribution in [0.2, 0.25) is 0 Å². The van der Waals surface area contributed by atoms with Crippen LogP contribution in [0, 0.1) is 5.92 Å². The van der Waals surface area contributed by atoms with Gasteiger partial charge >= 0.3 is 0 Å². The van der Waals surface area contributed by atoms with Crippen LogP contribution in [0.25, 0.3) is 10.6 Å². The molecule has 3 nitrogen and oxygen atoms in total. The van der Waals surface area contributed by atoms with Gasteiger partial charge < -0.3 is 5.73 Å². The zero-order valence-corrected chi connectivity index (χ0v) is 13.9. The lowest BCUT2D eigenvalue weighted by Crippen LogP contribution is -2.27. The van der Waals surface area contributed by atoms with Crippen molar-refractivity contribution in [3.05, 3.63) is 27.9 Å². The number of nitrogens with two attached hydrogens (primary N) is 1. The number of hydrogen-bond donors (Lipinski definition) is 1. The van der Waals surface area contributed by atoms with E-state index in [0.717, 1.165) is 24.6 Å². The maximum Gasteiger partial charge on any atom is 0.124 e. The molecule has 0 aliphatic carbocycles. The second-order valence-corrected chi connectivity index (χ2v) is 6.91. The van der Waals surface area contributed by atoms with Crippen molar-refractivity contribution >= 4 is 35.1 Å². The van der Waals surface area contributed by atoms with Gasteiger partial charge in [0, 0.05) is 35.5 Å². The molecule has 0 bridgehead atoms. The summed E-state index contributed by atoms with van der Waals surface area (Å²) < 4.78 is 0. The van der Waals surface area contributed by atoms with Gasteiger partial charge in [0.15, 0.2) is 0 Å². The Labute approximate surface area is 134 Å². The Hall–Kier alpha value is -0.460.